The Balaban J connectivity index is 2.95. The van der Waals surface area contributed by atoms with Crippen molar-refractivity contribution in [2.24, 2.45) is 0 Å². The summed E-state index contributed by atoms with van der Waals surface area (Å²) in [4.78, 5) is 0. The van der Waals surface area contributed by atoms with Crippen LogP contribution < -0.4 is 0 Å². The Hall–Kier alpha value is -1.02. The van der Waals surface area contributed by atoms with Crippen molar-refractivity contribution in [1.82, 2.24) is 0 Å². The van der Waals surface area contributed by atoms with Gasteiger partial charge in [0, 0.05) is 12.8 Å². The van der Waals surface area contributed by atoms with Gasteiger partial charge in [-0.15, -0.1) is 0 Å². The topological polar surface area (TPSA) is 47.6 Å². The Morgan fingerprint density at radius 2 is 0.478 bits per heavy atom. The lowest BCUT2D eigenvalue weighted by Crippen LogP contribution is -1.84. The Morgan fingerprint density at radius 1 is 0.304 bits per heavy atom. The van der Waals surface area contributed by atoms with Crippen LogP contribution in [0.3, 0.4) is 0 Å². The van der Waals surface area contributed by atoms with Crippen LogP contribution in [0.2, 0.25) is 0 Å². The van der Waals surface area contributed by atoms with E-state index in [0.717, 1.165) is 25.7 Å². The van der Waals surface area contributed by atoms with Gasteiger partial charge in [-0.1, -0.05) is 96.3 Å². The second-order valence-corrected chi connectivity index (χ2v) is 6.83. The molecule has 0 rings (SSSR count). The summed E-state index contributed by atoms with van der Waals surface area (Å²) in [6.07, 6.45) is 24.2. The third-order valence-corrected chi connectivity index (χ3v) is 4.58. The fraction of sp³-hybridized carbons (Fsp3) is 0.905. The Bertz CT molecular complexity index is 268. The number of nitrogens with zero attached hydrogens (tertiary/aromatic N) is 2. The summed E-state index contributed by atoms with van der Waals surface area (Å²) >= 11 is 0. The smallest absolute Gasteiger partial charge is 0.0621 e. The first-order valence-corrected chi connectivity index (χ1v) is 10.2. The fourth-order valence-electron chi connectivity index (χ4n) is 3.06. The minimum Gasteiger partial charge on any atom is -0.198 e. The molecule has 2 heteroatoms. The highest BCUT2D eigenvalue weighted by atomic mass is 14.2. The van der Waals surface area contributed by atoms with Gasteiger partial charge in [0.05, 0.1) is 12.1 Å². The van der Waals surface area contributed by atoms with Crippen molar-refractivity contribution in [2.75, 3.05) is 0 Å². The Morgan fingerprint density at radius 3 is 0.652 bits per heavy atom. The minimum atomic E-state index is 0.737. The normalized spacial score (nSPS) is 10.3. The Labute approximate surface area is 145 Å². The van der Waals surface area contributed by atoms with Crippen molar-refractivity contribution in [3.05, 3.63) is 0 Å². The summed E-state index contributed by atoms with van der Waals surface area (Å²) in [5.41, 5.74) is 0. The van der Waals surface area contributed by atoms with Crippen LogP contribution in [0.5, 0.6) is 0 Å². The van der Waals surface area contributed by atoms with E-state index in [4.69, 9.17) is 10.5 Å². The molecule has 0 aromatic carbocycles. The molecule has 0 aliphatic heterocycles. The molecule has 23 heavy (non-hydrogen) atoms. The maximum absolute atomic E-state index is 8.45. The van der Waals surface area contributed by atoms with Crippen LogP contribution >= 0.6 is 0 Å². The molecule has 0 aliphatic rings. The standard InChI is InChI=1S/C21H38N2/c22-20-18-16-14-12-10-8-6-4-2-1-3-5-7-9-11-13-15-17-19-21-23/h1-19H2. The molecule has 0 aliphatic carbocycles. The molecular weight excluding hydrogens is 280 g/mol. The summed E-state index contributed by atoms with van der Waals surface area (Å²) in [5.74, 6) is 0. The van der Waals surface area contributed by atoms with E-state index >= 15 is 0 Å². The average Bonchev–Trinajstić information content (AvgIpc) is 2.57. The van der Waals surface area contributed by atoms with Crippen LogP contribution in [0, 0.1) is 22.7 Å². The van der Waals surface area contributed by atoms with E-state index in [1.54, 1.807) is 0 Å². The molecule has 0 heterocycles. The number of nitriles is 2. The fourth-order valence-corrected chi connectivity index (χ4v) is 3.06. The summed E-state index contributed by atoms with van der Waals surface area (Å²) < 4.78 is 0. The van der Waals surface area contributed by atoms with Gasteiger partial charge in [0.2, 0.25) is 0 Å². The molecular formula is C21H38N2. The first-order chi connectivity index (χ1) is 11.4. The quantitative estimate of drug-likeness (QED) is 0.246. The third kappa shape index (κ3) is 21.0. The van der Waals surface area contributed by atoms with Gasteiger partial charge in [-0.2, -0.15) is 10.5 Å². The maximum atomic E-state index is 8.45. The van der Waals surface area contributed by atoms with Crippen LogP contribution in [0.15, 0.2) is 0 Å². The molecule has 0 fully saturated rings. The number of unbranched alkanes of at least 4 members (excludes halogenated alkanes) is 18. The molecule has 2 nitrogen and oxygen atoms in total. The largest absolute Gasteiger partial charge is 0.198 e. The van der Waals surface area contributed by atoms with E-state index in [1.165, 1.54) is 96.3 Å². The van der Waals surface area contributed by atoms with Crippen LogP contribution in [-0.4, -0.2) is 0 Å². The summed E-state index contributed by atoms with van der Waals surface area (Å²) in [5, 5.41) is 16.9. The summed E-state index contributed by atoms with van der Waals surface area (Å²) in [6.45, 7) is 0. The van der Waals surface area contributed by atoms with Crippen LogP contribution in [-0.2, 0) is 0 Å². The highest BCUT2D eigenvalue weighted by molar-refractivity contribution is 4.68. The zero-order chi connectivity index (χ0) is 16.8. The first kappa shape index (κ1) is 22.0. The second kappa shape index (κ2) is 21.0. The van der Waals surface area contributed by atoms with Gasteiger partial charge < -0.3 is 0 Å². The molecule has 0 spiro atoms. The lowest BCUT2D eigenvalue weighted by atomic mass is 10.0. The van der Waals surface area contributed by atoms with Crippen LogP contribution in [0.25, 0.3) is 0 Å². The van der Waals surface area contributed by atoms with Crippen LogP contribution in [0.1, 0.15) is 122 Å². The van der Waals surface area contributed by atoms with Gasteiger partial charge in [0.1, 0.15) is 0 Å². The lowest BCUT2D eigenvalue weighted by molar-refractivity contribution is 0.526. The zero-order valence-electron chi connectivity index (χ0n) is 15.3. The van der Waals surface area contributed by atoms with Crippen LogP contribution in [0.4, 0.5) is 0 Å². The van der Waals surface area contributed by atoms with E-state index in [9.17, 15) is 0 Å². The van der Waals surface area contributed by atoms with Gasteiger partial charge in [-0.05, 0) is 12.8 Å². The van der Waals surface area contributed by atoms with Crippen molar-refractivity contribution in [3.8, 4) is 12.1 Å². The predicted octanol–water partition coefficient (Wildman–Crippen LogP) is 7.45. The van der Waals surface area contributed by atoms with E-state index in [1.807, 2.05) is 0 Å². The average molecular weight is 319 g/mol. The lowest BCUT2D eigenvalue weighted by Gasteiger charge is -2.03. The van der Waals surface area contributed by atoms with Crippen molar-refractivity contribution in [1.29, 1.82) is 10.5 Å². The predicted molar refractivity (Wildman–Crippen MR) is 98.9 cm³/mol. The van der Waals surface area contributed by atoms with Crippen molar-refractivity contribution < 1.29 is 0 Å². The highest BCUT2D eigenvalue weighted by Crippen LogP contribution is 2.14. The molecule has 0 bridgehead atoms. The first-order valence-electron chi connectivity index (χ1n) is 10.2. The molecule has 0 saturated heterocycles. The third-order valence-electron chi connectivity index (χ3n) is 4.58. The summed E-state index contributed by atoms with van der Waals surface area (Å²) in [6, 6.07) is 4.43. The van der Waals surface area contributed by atoms with Gasteiger partial charge in [-0.3, -0.25) is 0 Å². The number of hydrogen-bond donors (Lipinski definition) is 0. The van der Waals surface area contributed by atoms with Crippen molar-refractivity contribution in [3.63, 3.8) is 0 Å². The van der Waals surface area contributed by atoms with Gasteiger partial charge in [-0.25, -0.2) is 0 Å². The molecule has 132 valence electrons. The van der Waals surface area contributed by atoms with E-state index < -0.39 is 0 Å². The summed E-state index contributed by atoms with van der Waals surface area (Å²) in [7, 11) is 0. The molecule has 0 N–H and O–H groups in total. The number of hydrogen-bond acceptors (Lipinski definition) is 2. The highest BCUT2D eigenvalue weighted by Gasteiger charge is 1.95. The van der Waals surface area contributed by atoms with Gasteiger partial charge >= 0.3 is 0 Å². The molecule has 0 aromatic heterocycles. The molecule has 0 amide bonds. The monoisotopic (exact) mass is 318 g/mol. The maximum Gasteiger partial charge on any atom is 0.0621 e. The van der Waals surface area contributed by atoms with Crippen molar-refractivity contribution in [2.45, 2.75) is 122 Å². The molecule has 0 saturated carbocycles. The van der Waals surface area contributed by atoms with E-state index in [-0.39, 0.29) is 0 Å². The Kier molecular flexibility index (Phi) is 20.0. The van der Waals surface area contributed by atoms with E-state index in [2.05, 4.69) is 12.1 Å². The second-order valence-electron chi connectivity index (χ2n) is 6.83. The molecule has 0 atom stereocenters. The van der Waals surface area contributed by atoms with E-state index in [0.29, 0.717) is 0 Å². The van der Waals surface area contributed by atoms with Gasteiger partial charge in [0.25, 0.3) is 0 Å². The SMILES string of the molecule is N#CCCCCCCCCCCCCCCCCCCCC#N. The molecule has 0 aromatic rings. The zero-order valence-corrected chi connectivity index (χ0v) is 15.3. The van der Waals surface area contributed by atoms with Gasteiger partial charge in [0.15, 0.2) is 0 Å². The minimum absolute atomic E-state index is 0.737. The molecule has 0 radical (unpaired) electrons. The van der Waals surface area contributed by atoms with Crippen molar-refractivity contribution >= 4 is 0 Å². The number of rotatable bonds is 18. The molecule has 0 unspecified atom stereocenters.